The maximum atomic E-state index is 12.3. The Kier molecular flexibility index (Phi) is 6.01. The molecular formula is C12H16F2N2O3. The summed E-state index contributed by atoms with van der Waals surface area (Å²) in [5.74, 6) is 0.428. The van der Waals surface area contributed by atoms with Crippen molar-refractivity contribution >= 4 is 11.7 Å². The molecule has 5 nitrogen and oxygen atoms in total. The van der Waals surface area contributed by atoms with E-state index >= 15 is 0 Å². The van der Waals surface area contributed by atoms with Gasteiger partial charge in [-0.3, -0.25) is 0 Å². The van der Waals surface area contributed by atoms with Crippen LogP contribution >= 0.6 is 0 Å². The van der Waals surface area contributed by atoms with Crippen molar-refractivity contribution in [3.05, 3.63) is 24.3 Å². The fourth-order valence-corrected chi connectivity index (χ4v) is 1.51. The van der Waals surface area contributed by atoms with E-state index in [1.54, 1.807) is 24.3 Å². The first-order valence-corrected chi connectivity index (χ1v) is 5.66. The number of halogens is 2. The minimum Gasteiger partial charge on any atom is -0.495 e. The minimum atomic E-state index is -2.66. The number of hydrogen-bond donors (Lipinski definition) is 2. The quantitative estimate of drug-likeness (QED) is 0.831. The Morgan fingerprint density at radius 2 is 2.16 bits per heavy atom. The van der Waals surface area contributed by atoms with E-state index in [2.05, 4.69) is 5.32 Å². The molecule has 2 N–H and O–H groups in total. The average Bonchev–Trinajstić information content (AvgIpc) is 2.38. The molecule has 7 heteroatoms. The summed E-state index contributed by atoms with van der Waals surface area (Å²) in [5.41, 5.74) is 0.382. The van der Waals surface area contributed by atoms with Crippen LogP contribution in [-0.2, 0) is 0 Å². The third-order valence-corrected chi connectivity index (χ3v) is 2.36. The fraction of sp³-hybridized carbons (Fsp3) is 0.417. The number of rotatable bonds is 6. The molecule has 0 heterocycles. The maximum Gasteiger partial charge on any atom is 0.322 e. The van der Waals surface area contributed by atoms with Crippen molar-refractivity contribution in [2.24, 2.45) is 0 Å². The molecule has 2 amide bonds. The summed E-state index contributed by atoms with van der Waals surface area (Å²) >= 11 is 0. The second-order valence-corrected chi connectivity index (χ2v) is 3.69. The topological polar surface area (TPSA) is 61.8 Å². The molecule has 0 bridgehead atoms. The smallest absolute Gasteiger partial charge is 0.322 e. The second kappa shape index (κ2) is 7.52. The Hall–Kier alpha value is -1.89. The molecule has 0 aromatic heterocycles. The highest BCUT2D eigenvalue weighted by molar-refractivity contribution is 5.91. The van der Waals surface area contributed by atoms with Crippen LogP contribution in [0.15, 0.2) is 24.3 Å². The van der Waals surface area contributed by atoms with E-state index in [0.717, 1.165) is 4.90 Å². The summed E-state index contributed by atoms with van der Waals surface area (Å²) in [4.78, 5) is 12.7. The zero-order chi connectivity index (χ0) is 14.3. The number of anilines is 1. The van der Waals surface area contributed by atoms with Crippen molar-refractivity contribution in [3.63, 3.8) is 0 Å². The Balaban J connectivity index is 2.75. The van der Waals surface area contributed by atoms with Gasteiger partial charge < -0.3 is 20.1 Å². The molecule has 1 aromatic carbocycles. The zero-order valence-electron chi connectivity index (χ0n) is 10.5. The lowest BCUT2D eigenvalue weighted by molar-refractivity contribution is 0.0943. The summed E-state index contributed by atoms with van der Waals surface area (Å²) in [6, 6.07) is 5.93. The van der Waals surface area contributed by atoms with Crippen molar-refractivity contribution in [1.29, 1.82) is 0 Å². The molecule has 0 saturated heterocycles. The fourth-order valence-electron chi connectivity index (χ4n) is 1.51. The average molecular weight is 274 g/mol. The second-order valence-electron chi connectivity index (χ2n) is 3.69. The highest BCUT2D eigenvalue weighted by Gasteiger charge is 2.18. The third kappa shape index (κ3) is 4.70. The largest absolute Gasteiger partial charge is 0.495 e. The van der Waals surface area contributed by atoms with Crippen molar-refractivity contribution in [1.82, 2.24) is 4.90 Å². The van der Waals surface area contributed by atoms with Gasteiger partial charge in [0.15, 0.2) is 0 Å². The number of nitrogens with one attached hydrogen (secondary N) is 1. The van der Waals surface area contributed by atoms with Crippen LogP contribution in [0.25, 0.3) is 0 Å². The zero-order valence-corrected chi connectivity index (χ0v) is 10.5. The Labute approximate surface area is 109 Å². The number of benzene rings is 1. The van der Waals surface area contributed by atoms with Crippen LogP contribution in [0, 0.1) is 0 Å². The molecule has 0 spiro atoms. The van der Waals surface area contributed by atoms with Crippen LogP contribution in [-0.4, -0.2) is 49.3 Å². The van der Waals surface area contributed by atoms with Gasteiger partial charge in [0.2, 0.25) is 0 Å². The van der Waals surface area contributed by atoms with E-state index in [4.69, 9.17) is 9.84 Å². The molecule has 0 unspecified atom stereocenters. The van der Waals surface area contributed by atoms with Gasteiger partial charge in [0, 0.05) is 6.54 Å². The van der Waals surface area contributed by atoms with Gasteiger partial charge in [-0.1, -0.05) is 12.1 Å². The van der Waals surface area contributed by atoms with Gasteiger partial charge in [-0.2, -0.15) is 0 Å². The maximum absolute atomic E-state index is 12.3. The Morgan fingerprint density at radius 1 is 1.47 bits per heavy atom. The third-order valence-electron chi connectivity index (χ3n) is 2.36. The molecule has 106 valence electrons. The molecular weight excluding hydrogens is 258 g/mol. The number of carbonyl (C=O) groups is 1. The first-order chi connectivity index (χ1) is 9.08. The molecule has 0 saturated carbocycles. The molecule has 0 fully saturated rings. The van der Waals surface area contributed by atoms with Crippen molar-refractivity contribution < 1.29 is 23.4 Å². The number of aliphatic hydroxyl groups is 1. The number of urea groups is 1. The normalized spacial score (nSPS) is 10.4. The van der Waals surface area contributed by atoms with E-state index in [9.17, 15) is 13.6 Å². The van der Waals surface area contributed by atoms with Gasteiger partial charge in [-0.15, -0.1) is 0 Å². The molecule has 0 radical (unpaired) electrons. The van der Waals surface area contributed by atoms with Crippen molar-refractivity contribution in [3.8, 4) is 5.75 Å². The van der Waals surface area contributed by atoms with Crippen LogP contribution in [0.3, 0.4) is 0 Å². The van der Waals surface area contributed by atoms with Crippen LogP contribution < -0.4 is 10.1 Å². The van der Waals surface area contributed by atoms with Crippen molar-refractivity contribution in [2.45, 2.75) is 6.43 Å². The monoisotopic (exact) mass is 274 g/mol. The molecule has 0 aliphatic heterocycles. The van der Waals surface area contributed by atoms with E-state index < -0.39 is 19.0 Å². The Morgan fingerprint density at radius 3 is 2.74 bits per heavy atom. The van der Waals surface area contributed by atoms with Gasteiger partial charge in [0.05, 0.1) is 25.9 Å². The number of methoxy groups -OCH3 is 1. The van der Waals surface area contributed by atoms with Gasteiger partial charge in [0.25, 0.3) is 6.43 Å². The molecule has 0 aliphatic rings. The Bertz CT molecular complexity index is 416. The van der Waals surface area contributed by atoms with E-state index in [-0.39, 0.29) is 13.2 Å². The SMILES string of the molecule is COc1ccccc1NC(=O)N(CCO)CC(F)F. The summed E-state index contributed by atoms with van der Waals surface area (Å²) in [7, 11) is 1.44. The highest BCUT2D eigenvalue weighted by atomic mass is 19.3. The summed E-state index contributed by atoms with van der Waals surface area (Å²) in [5, 5.41) is 11.2. The first kappa shape index (κ1) is 15.2. The standard InChI is InChI=1S/C12H16F2N2O3/c1-19-10-5-3-2-4-9(10)15-12(18)16(6-7-17)8-11(13)14/h2-5,11,17H,6-8H2,1H3,(H,15,18). The molecule has 19 heavy (non-hydrogen) atoms. The molecule has 0 aliphatic carbocycles. The van der Waals surface area contributed by atoms with E-state index in [0.29, 0.717) is 11.4 Å². The first-order valence-electron chi connectivity index (χ1n) is 5.66. The number of alkyl halides is 2. The minimum absolute atomic E-state index is 0.161. The summed E-state index contributed by atoms with van der Waals surface area (Å²) in [6.07, 6.45) is -2.66. The number of aliphatic hydroxyl groups excluding tert-OH is 1. The lowest BCUT2D eigenvalue weighted by atomic mass is 10.3. The van der Waals surface area contributed by atoms with Crippen LogP contribution in [0.2, 0.25) is 0 Å². The number of nitrogens with zero attached hydrogens (tertiary/aromatic N) is 1. The number of hydrogen-bond acceptors (Lipinski definition) is 3. The predicted octanol–water partition coefficient (Wildman–Crippen LogP) is 1.79. The van der Waals surface area contributed by atoms with Gasteiger partial charge in [-0.05, 0) is 12.1 Å². The number of ether oxygens (including phenoxy) is 1. The summed E-state index contributed by atoms with van der Waals surface area (Å²) < 4.78 is 29.7. The van der Waals surface area contributed by atoms with Gasteiger partial charge in [-0.25, -0.2) is 13.6 Å². The lowest BCUT2D eigenvalue weighted by Crippen LogP contribution is -2.40. The highest BCUT2D eigenvalue weighted by Crippen LogP contribution is 2.23. The molecule has 0 atom stereocenters. The van der Waals surface area contributed by atoms with Crippen molar-refractivity contribution in [2.75, 3.05) is 32.1 Å². The van der Waals surface area contributed by atoms with Crippen LogP contribution in [0.4, 0.5) is 19.3 Å². The summed E-state index contributed by atoms with van der Waals surface area (Å²) in [6.45, 7) is -1.28. The predicted molar refractivity (Wildman–Crippen MR) is 66.7 cm³/mol. The number of carbonyl (C=O) groups excluding carboxylic acids is 1. The lowest BCUT2D eigenvalue weighted by Gasteiger charge is -2.22. The van der Waals surface area contributed by atoms with E-state index in [1.807, 2.05) is 0 Å². The van der Waals surface area contributed by atoms with Gasteiger partial charge in [0.1, 0.15) is 5.75 Å². The van der Waals surface area contributed by atoms with Crippen LogP contribution in [0.5, 0.6) is 5.75 Å². The van der Waals surface area contributed by atoms with Crippen LogP contribution in [0.1, 0.15) is 0 Å². The molecule has 1 rings (SSSR count). The van der Waals surface area contributed by atoms with E-state index in [1.165, 1.54) is 7.11 Å². The van der Waals surface area contributed by atoms with Gasteiger partial charge >= 0.3 is 6.03 Å². The number of amides is 2. The number of para-hydroxylation sites is 2. The molecule has 1 aromatic rings.